The number of H-pyrrole nitrogens is 1. The first-order valence-corrected chi connectivity index (χ1v) is 9.54. The fourth-order valence-electron chi connectivity index (χ4n) is 3.90. The van der Waals surface area contributed by atoms with Crippen molar-refractivity contribution in [3.63, 3.8) is 0 Å². The van der Waals surface area contributed by atoms with Gasteiger partial charge in [0, 0.05) is 31.7 Å². The second-order valence-electron chi connectivity index (χ2n) is 7.06. The van der Waals surface area contributed by atoms with Gasteiger partial charge in [-0.05, 0) is 31.2 Å². The van der Waals surface area contributed by atoms with Crippen LogP contribution in [0.15, 0.2) is 41.2 Å². The van der Waals surface area contributed by atoms with Crippen LogP contribution in [-0.2, 0) is 11.2 Å². The van der Waals surface area contributed by atoms with E-state index in [4.69, 9.17) is 9.72 Å². The Bertz CT molecular complexity index is 771. The molecule has 1 unspecified atom stereocenters. The van der Waals surface area contributed by atoms with Gasteiger partial charge in [0.2, 0.25) is 5.95 Å². The van der Waals surface area contributed by atoms with Crippen LogP contribution in [0.1, 0.15) is 24.8 Å². The minimum atomic E-state index is -0.0828. The van der Waals surface area contributed by atoms with E-state index in [9.17, 15) is 4.79 Å². The van der Waals surface area contributed by atoms with E-state index in [0.29, 0.717) is 25.2 Å². The van der Waals surface area contributed by atoms with Crippen molar-refractivity contribution in [3.05, 3.63) is 52.3 Å². The van der Waals surface area contributed by atoms with Crippen molar-refractivity contribution >= 4 is 11.8 Å². The molecule has 0 amide bonds. The van der Waals surface area contributed by atoms with E-state index in [1.165, 1.54) is 12.0 Å². The molecule has 2 aromatic rings. The number of benzene rings is 1. The van der Waals surface area contributed by atoms with Crippen molar-refractivity contribution in [2.45, 2.75) is 31.7 Å². The van der Waals surface area contributed by atoms with E-state index >= 15 is 0 Å². The van der Waals surface area contributed by atoms with Crippen LogP contribution < -0.4 is 15.4 Å². The maximum atomic E-state index is 12.3. The summed E-state index contributed by atoms with van der Waals surface area (Å²) in [6.07, 6.45) is 4.46. The third-order valence-corrected chi connectivity index (χ3v) is 5.26. The van der Waals surface area contributed by atoms with Gasteiger partial charge in [0.1, 0.15) is 5.82 Å². The number of morpholine rings is 1. The van der Waals surface area contributed by atoms with E-state index in [0.717, 1.165) is 44.7 Å². The highest BCUT2D eigenvalue weighted by Crippen LogP contribution is 2.25. The van der Waals surface area contributed by atoms with Gasteiger partial charge in [0.05, 0.1) is 13.2 Å². The Kier molecular flexibility index (Phi) is 5.20. The zero-order chi connectivity index (χ0) is 17.8. The summed E-state index contributed by atoms with van der Waals surface area (Å²) in [6.45, 7) is 3.87. The lowest BCUT2D eigenvalue weighted by atomic mass is 9.96. The molecular weight excluding hydrogens is 328 g/mol. The third-order valence-electron chi connectivity index (χ3n) is 5.26. The molecule has 1 N–H and O–H groups in total. The summed E-state index contributed by atoms with van der Waals surface area (Å²) in [4.78, 5) is 24.5. The Labute approximate surface area is 153 Å². The summed E-state index contributed by atoms with van der Waals surface area (Å²) in [7, 11) is 0. The molecule has 1 aromatic carbocycles. The van der Waals surface area contributed by atoms with Crippen LogP contribution in [0.4, 0.5) is 11.8 Å². The fraction of sp³-hybridized carbons (Fsp3) is 0.500. The number of hydrogen-bond donors (Lipinski definition) is 1. The molecule has 0 spiro atoms. The Morgan fingerprint density at radius 2 is 1.92 bits per heavy atom. The smallest absolute Gasteiger partial charge is 0.254 e. The van der Waals surface area contributed by atoms with E-state index in [1.807, 2.05) is 6.07 Å². The van der Waals surface area contributed by atoms with Crippen molar-refractivity contribution in [3.8, 4) is 0 Å². The highest BCUT2D eigenvalue weighted by Gasteiger charge is 2.25. The van der Waals surface area contributed by atoms with Gasteiger partial charge in [-0.3, -0.25) is 9.78 Å². The standard InChI is InChI=1S/C20H26N4O2/c25-19-15-18(23-10-12-26-13-11-23)21-20(22-19)24-9-5-4-8-17(24)14-16-6-2-1-3-7-16/h1-3,6-7,15,17H,4-5,8-14H2,(H,21,22,25). The average molecular weight is 354 g/mol. The van der Waals surface area contributed by atoms with Crippen molar-refractivity contribution in [1.29, 1.82) is 0 Å². The van der Waals surface area contributed by atoms with Crippen LogP contribution in [-0.4, -0.2) is 48.9 Å². The number of hydrogen-bond acceptors (Lipinski definition) is 5. The molecule has 0 aliphatic carbocycles. The lowest BCUT2D eigenvalue weighted by molar-refractivity contribution is 0.122. The molecule has 0 saturated carbocycles. The molecule has 2 aliphatic heterocycles. The van der Waals surface area contributed by atoms with Crippen LogP contribution in [0.3, 0.4) is 0 Å². The predicted molar refractivity (Wildman–Crippen MR) is 103 cm³/mol. The highest BCUT2D eigenvalue weighted by atomic mass is 16.5. The molecule has 2 fully saturated rings. The topological polar surface area (TPSA) is 61.5 Å². The molecule has 2 saturated heterocycles. The van der Waals surface area contributed by atoms with Crippen LogP contribution in [0, 0.1) is 0 Å². The largest absolute Gasteiger partial charge is 0.378 e. The van der Waals surface area contributed by atoms with Crippen molar-refractivity contribution in [2.24, 2.45) is 0 Å². The Balaban J connectivity index is 1.59. The number of rotatable bonds is 4. The average Bonchev–Trinajstić information content (AvgIpc) is 2.69. The van der Waals surface area contributed by atoms with E-state index in [-0.39, 0.29) is 5.56 Å². The van der Waals surface area contributed by atoms with Gasteiger partial charge < -0.3 is 14.5 Å². The molecule has 0 bridgehead atoms. The fourth-order valence-corrected chi connectivity index (χ4v) is 3.90. The quantitative estimate of drug-likeness (QED) is 0.912. The van der Waals surface area contributed by atoms with Gasteiger partial charge >= 0.3 is 0 Å². The summed E-state index contributed by atoms with van der Waals surface area (Å²) in [5.74, 6) is 1.47. The van der Waals surface area contributed by atoms with Crippen LogP contribution in [0.25, 0.3) is 0 Å². The first kappa shape index (κ1) is 17.1. The third kappa shape index (κ3) is 3.90. The van der Waals surface area contributed by atoms with Crippen molar-refractivity contribution < 1.29 is 4.74 Å². The molecule has 6 heteroatoms. The highest BCUT2D eigenvalue weighted by molar-refractivity contribution is 5.45. The summed E-state index contributed by atoms with van der Waals surface area (Å²) < 4.78 is 5.42. The SMILES string of the molecule is O=c1cc(N2CCOCC2)nc(N2CCCCC2Cc2ccccc2)[nH]1. The van der Waals surface area contributed by atoms with Crippen LogP contribution in [0.5, 0.6) is 0 Å². The van der Waals surface area contributed by atoms with Crippen molar-refractivity contribution in [2.75, 3.05) is 42.6 Å². The van der Waals surface area contributed by atoms with Gasteiger partial charge in [-0.25, -0.2) is 0 Å². The van der Waals surface area contributed by atoms with Gasteiger partial charge in [0.15, 0.2) is 0 Å². The zero-order valence-corrected chi connectivity index (χ0v) is 15.1. The summed E-state index contributed by atoms with van der Waals surface area (Å²) >= 11 is 0. The van der Waals surface area contributed by atoms with Gasteiger partial charge in [0.25, 0.3) is 5.56 Å². The summed E-state index contributed by atoms with van der Waals surface area (Å²) in [6, 6.07) is 12.5. The second kappa shape index (κ2) is 7.91. The lowest BCUT2D eigenvalue weighted by Gasteiger charge is -2.37. The number of nitrogens with zero attached hydrogens (tertiary/aromatic N) is 3. The predicted octanol–water partition coefficient (Wildman–Crippen LogP) is 2.21. The number of piperidine rings is 1. The number of ether oxygens (including phenoxy) is 1. The summed E-state index contributed by atoms with van der Waals surface area (Å²) in [5.41, 5.74) is 1.25. The molecule has 0 radical (unpaired) electrons. The maximum Gasteiger partial charge on any atom is 0.254 e. The molecule has 2 aliphatic rings. The number of aromatic nitrogens is 2. The van der Waals surface area contributed by atoms with Gasteiger partial charge in [-0.15, -0.1) is 0 Å². The molecular formula is C20H26N4O2. The molecule has 4 rings (SSSR count). The minimum Gasteiger partial charge on any atom is -0.378 e. The second-order valence-corrected chi connectivity index (χ2v) is 7.06. The molecule has 1 aromatic heterocycles. The molecule has 26 heavy (non-hydrogen) atoms. The first-order chi connectivity index (χ1) is 12.8. The lowest BCUT2D eigenvalue weighted by Crippen LogP contribution is -2.43. The van der Waals surface area contributed by atoms with E-state index < -0.39 is 0 Å². The maximum absolute atomic E-state index is 12.3. The monoisotopic (exact) mass is 354 g/mol. The number of anilines is 2. The number of nitrogens with one attached hydrogen (secondary N) is 1. The van der Waals surface area contributed by atoms with Gasteiger partial charge in [-0.1, -0.05) is 30.3 Å². The number of aromatic amines is 1. The van der Waals surface area contributed by atoms with Crippen LogP contribution in [0.2, 0.25) is 0 Å². The molecule has 1 atom stereocenters. The van der Waals surface area contributed by atoms with Gasteiger partial charge in [-0.2, -0.15) is 4.98 Å². The van der Waals surface area contributed by atoms with Crippen molar-refractivity contribution in [1.82, 2.24) is 9.97 Å². The molecule has 3 heterocycles. The van der Waals surface area contributed by atoms with Crippen LogP contribution >= 0.6 is 0 Å². The Hall–Kier alpha value is -2.34. The Morgan fingerprint density at radius 1 is 1.12 bits per heavy atom. The van der Waals surface area contributed by atoms with E-state index in [2.05, 4.69) is 39.0 Å². The normalized spacial score (nSPS) is 21.0. The molecule has 6 nitrogen and oxygen atoms in total. The zero-order valence-electron chi connectivity index (χ0n) is 15.1. The Morgan fingerprint density at radius 3 is 2.73 bits per heavy atom. The molecule has 138 valence electrons. The minimum absolute atomic E-state index is 0.0828. The summed E-state index contributed by atoms with van der Waals surface area (Å²) in [5, 5.41) is 0. The first-order valence-electron chi connectivity index (χ1n) is 9.54. The van der Waals surface area contributed by atoms with E-state index in [1.54, 1.807) is 6.07 Å².